The maximum absolute atomic E-state index is 14.2. The third-order valence-corrected chi connectivity index (χ3v) is 11.3. The van der Waals surface area contributed by atoms with Crippen molar-refractivity contribution in [1.82, 2.24) is 15.1 Å². The number of methoxy groups -OCH3 is 2. The standard InChI is InChI=1S/C41H67N3O8/c1-12-27(6)38(43(9)40(48)31(25(2)3)23-34(46)37(42-8)26(4)5)35(51-10)24-36(47)44-20-16-19-32(44)39(52-11)28(7)33(45)22-30(41(49)50)21-29-17-14-13-15-18-29/h13-15,17-18,25-28,30-32,35,37-39,42H,12,16,19-24H2,1-11H3,(H,49,50)/t27-,28-,30-,31-,32-,35+,37-,38?,39+/m0/s1. The van der Waals surface area contributed by atoms with Crippen molar-refractivity contribution in [2.24, 2.45) is 35.5 Å². The van der Waals surface area contributed by atoms with Gasteiger partial charge in [0.25, 0.3) is 0 Å². The zero-order chi connectivity index (χ0) is 39.3. The van der Waals surface area contributed by atoms with Gasteiger partial charge in [0, 0.05) is 52.5 Å². The molecule has 0 aliphatic carbocycles. The summed E-state index contributed by atoms with van der Waals surface area (Å²) < 4.78 is 11.9. The molecule has 0 saturated carbocycles. The highest BCUT2D eigenvalue weighted by atomic mass is 16.5. The molecule has 0 spiro atoms. The van der Waals surface area contributed by atoms with E-state index in [4.69, 9.17) is 9.47 Å². The van der Waals surface area contributed by atoms with Gasteiger partial charge < -0.3 is 29.7 Å². The number of hydrogen-bond donors (Lipinski definition) is 2. The van der Waals surface area contributed by atoms with E-state index in [0.29, 0.717) is 13.0 Å². The van der Waals surface area contributed by atoms with Crippen molar-refractivity contribution in [1.29, 1.82) is 0 Å². The zero-order valence-electron chi connectivity index (χ0n) is 33.6. The minimum absolute atomic E-state index is 0.00617. The Morgan fingerprint density at radius 1 is 0.923 bits per heavy atom. The Labute approximate surface area is 312 Å². The van der Waals surface area contributed by atoms with E-state index < -0.39 is 42.0 Å². The molecule has 52 heavy (non-hydrogen) atoms. The molecule has 0 radical (unpaired) electrons. The second kappa shape index (κ2) is 21.5. The Morgan fingerprint density at radius 3 is 2.06 bits per heavy atom. The predicted octanol–water partition coefficient (Wildman–Crippen LogP) is 5.28. The number of amides is 2. The Hall–Kier alpha value is -3.15. The smallest absolute Gasteiger partial charge is 0.307 e. The van der Waals surface area contributed by atoms with E-state index in [-0.39, 0.29) is 78.9 Å². The number of likely N-dealkylation sites (N-methyl/N-ethyl adjacent to an activating group) is 2. The van der Waals surface area contributed by atoms with Crippen molar-refractivity contribution in [3.8, 4) is 0 Å². The van der Waals surface area contributed by atoms with E-state index in [0.717, 1.165) is 18.4 Å². The second-order valence-corrected chi connectivity index (χ2v) is 15.5. The summed E-state index contributed by atoms with van der Waals surface area (Å²) in [6.07, 6.45) is 1.16. The van der Waals surface area contributed by atoms with Crippen molar-refractivity contribution >= 4 is 29.4 Å². The third-order valence-electron chi connectivity index (χ3n) is 11.3. The van der Waals surface area contributed by atoms with Crippen LogP contribution in [0.3, 0.4) is 0 Å². The van der Waals surface area contributed by atoms with Gasteiger partial charge in [-0.3, -0.25) is 24.0 Å². The van der Waals surface area contributed by atoms with Crippen LogP contribution < -0.4 is 5.32 Å². The van der Waals surface area contributed by atoms with Gasteiger partial charge >= 0.3 is 5.97 Å². The molecule has 9 atom stereocenters. The molecule has 11 heteroatoms. The lowest BCUT2D eigenvalue weighted by molar-refractivity contribution is -0.149. The minimum Gasteiger partial charge on any atom is -0.481 e. The van der Waals surface area contributed by atoms with Crippen molar-refractivity contribution < 1.29 is 38.6 Å². The number of nitrogens with zero attached hydrogens (tertiary/aromatic N) is 2. The fraction of sp³-hybridized carbons (Fsp3) is 0.732. The third kappa shape index (κ3) is 11.9. The van der Waals surface area contributed by atoms with Crippen molar-refractivity contribution in [3.05, 3.63) is 35.9 Å². The Morgan fingerprint density at radius 2 is 1.56 bits per heavy atom. The first kappa shape index (κ1) is 45.0. The zero-order valence-corrected chi connectivity index (χ0v) is 33.6. The maximum atomic E-state index is 14.2. The number of benzene rings is 1. The number of aliphatic carboxylic acids is 1. The molecular formula is C41H67N3O8. The topological polar surface area (TPSA) is 143 Å². The predicted molar refractivity (Wildman–Crippen MR) is 203 cm³/mol. The lowest BCUT2D eigenvalue weighted by Gasteiger charge is -2.41. The summed E-state index contributed by atoms with van der Waals surface area (Å²) in [5.74, 6) is -3.54. The van der Waals surface area contributed by atoms with Crippen LogP contribution in [0.25, 0.3) is 0 Å². The number of rotatable bonds is 23. The van der Waals surface area contributed by atoms with Gasteiger partial charge in [0.2, 0.25) is 11.8 Å². The van der Waals surface area contributed by atoms with Gasteiger partial charge in [-0.2, -0.15) is 0 Å². The lowest BCUT2D eigenvalue weighted by atomic mass is 9.84. The SMILES string of the molecule is CC[C@H](C)C([C@@H](CC(=O)N1CCC[C@H]1[C@H](OC)[C@@H](C)C(=O)C[C@H](Cc1ccccc1)C(=O)O)OC)N(C)C(=O)[C@@H](CC(=O)[C@@H](NC)C(C)C)C(C)C. The molecule has 1 heterocycles. The van der Waals surface area contributed by atoms with Gasteiger partial charge in [-0.1, -0.05) is 85.2 Å². The van der Waals surface area contributed by atoms with E-state index in [1.54, 1.807) is 37.9 Å². The molecule has 0 aromatic heterocycles. The summed E-state index contributed by atoms with van der Waals surface area (Å²) in [5, 5.41) is 13.0. The number of likely N-dealkylation sites (tertiary alicyclic amines) is 1. The van der Waals surface area contributed by atoms with E-state index in [9.17, 15) is 29.1 Å². The summed E-state index contributed by atoms with van der Waals surface area (Å²) >= 11 is 0. The number of carbonyl (C=O) groups is 5. The molecular weight excluding hydrogens is 662 g/mol. The number of ether oxygens (including phenoxy) is 2. The molecule has 2 amide bonds. The summed E-state index contributed by atoms with van der Waals surface area (Å²) in [6.45, 7) is 14.2. The first-order valence-electron chi connectivity index (χ1n) is 19.1. The van der Waals surface area contributed by atoms with Crippen LogP contribution in [-0.4, -0.2) is 109 Å². The number of ketones is 2. The number of Topliss-reactive ketones (excluding diaryl/α,β-unsaturated/α-hetero) is 2. The Kier molecular flexibility index (Phi) is 18.6. The summed E-state index contributed by atoms with van der Waals surface area (Å²) in [6, 6.07) is 8.13. The summed E-state index contributed by atoms with van der Waals surface area (Å²) in [5.41, 5.74) is 0.851. The number of nitrogens with one attached hydrogen (secondary N) is 1. The molecule has 1 aliphatic heterocycles. The fourth-order valence-corrected chi connectivity index (χ4v) is 7.99. The molecule has 1 aromatic carbocycles. The molecule has 1 aliphatic rings. The minimum atomic E-state index is -1.02. The molecule has 0 bridgehead atoms. The van der Waals surface area contributed by atoms with Crippen LogP contribution in [0.5, 0.6) is 0 Å². The normalized spacial score (nSPS) is 19.4. The van der Waals surface area contributed by atoms with E-state index in [1.807, 2.05) is 71.9 Å². The van der Waals surface area contributed by atoms with Crippen molar-refractivity contribution in [2.75, 3.05) is 34.9 Å². The summed E-state index contributed by atoms with van der Waals surface area (Å²) in [7, 11) is 6.61. The molecule has 2 N–H and O–H groups in total. The van der Waals surface area contributed by atoms with Crippen LogP contribution in [0.2, 0.25) is 0 Å². The van der Waals surface area contributed by atoms with Crippen LogP contribution in [-0.2, 0) is 39.9 Å². The fourth-order valence-electron chi connectivity index (χ4n) is 7.99. The molecule has 1 saturated heterocycles. The quantitative estimate of drug-likeness (QED) is 0.154. The molecule has 1 aromatic rings. The van der Waals surface area contributed by atoms with Gasteiger partial charge in [0.05, 0.1) is 42.7 Å². The molecule has 11 nitrogen and oxygen atoms in total. The average Bonchev–Trinajstić information content (AvgIpc) is 3.59. The number of hydrogen-bond acceptors (Lipinski definition) is 8. The van der Waals surface area contributed by atoms with E-state index in [1.165, 1.54) is 7.11 Å². The summed E-state index contributed by atoms with van der Waals surface area (Å²) in [4.78, 5) is 70.8. The molecule has 1 unspecified atom stereocenters. The molecule has 2 rings (SSSR count). The van der Waals surface area contributed by atoms with Gasteiger partial charge in [0.1, 0.15) is 5.78 Å². The lowest BCUT2D eigenvalue weighted by Crippen LogP contribution is -2.54. The highest BCUT2D eigenvalue weighted by molar-refractivity contribution is 5.90. The van der Waals surface area contributed by atoms with Crippen LogP contribution >= 0.6 is 0 Å². The molecule has 294 valence electrons. The van der Waals surface area contributed by atoms with Gasteiger partial charge in [-0.15, -0.1) is 0 Å². The van der Waals surface area contributed by atoms with Crippen LogP contribution in [0.4, 0.5) is 0 Å². The molecule has 1 fully saturated rings. The number of carboxylic acid groups (broad SMARTS) is 1. The Bertz CT molecular complexity index is 1300. The highest BCUT2D eigenvalue weighted by Crippen LogP contribution is 2.31. The number of carbonyl (C=O) groups excluding carboxylic acids is 4. The van der Waals surface area contributed by atoms with Crippen molar-refractivity contribution in [2.45, 2.75) is 124 Å². The maximum Gasteiger partial charge on any atom is 0.307 e. The largest absolute Gasteiger partial charge is 0.481 e. The average molecular weight is 730 g/mol. The Balaban J connectivity index is 2.26. The highest BCUT2D eigenvalue weighted by Gasteiger charge is 2.43. The van der Waals surface area contributed by atoms with Gasteiger partial charge in [0.15, 0.2) is 5.78 Å². The monoisotopic (exact) mass is 729 g/mol. The number of carboxylic acids is 1. The van der Waals surface area contributed by atoms with Gasteiger partial charge in [-0.05, 0) is 49.6 Å². The van der Waals surface area contributed by atoms with E-state index in [2.05, 4.69) is 5.32 Å². The van der Waals surface area contributed by atoms with Crippen LogP contribution in [0, 0.1) is 35.5 Å². The van der Waals surface area contributed by atoms with Crippen LogP contribution in [0.15, 0.2) is 30.3 Å². The van der Waals surface area contributed by atoms with E-state index >= 15 is 0 Å². The van der Waals surface area contributed by atoms with Crippen molar-refractivity contribution in [3.63, 3.8) is 0 Å². The second-order valence-electron chi connectivity index (χ2n) is 15.5. The first-order chi connectivity index (χ1) is 24.5. The van der Waals surface area contributed by atoms with Gasteiger partial charge in [-0.25, -0.2) is 0 Å². The van der Waals surface area contributed by atoms with Crippen LogP contribution in [0.1, 0.15) is 92.6 Å². The first-order valence-corrected chi connectivity index (χ1v) is 19.1.